The second kappa shape index (κ2) is 6.50. The normalized spacial score (nSPS) is 30.6. The highest BCUT2D eigenvalue weighted by atomic mass is 16.3. The van der Waals surface area contributed by atoms with Crippen molar-refractivity contribution in [3.63, 3.8) is 0 Å². The van der Waals surface area contributed by atoms with Crippen molar-refractivity contribution < 1.29 is 9.90 Å². The van der Waals surface area contributed by atoms with Gasteiger partial charge in [0.25, 0.3) is 0 Å². The molecular weight excluding hydrogens is 230 g/mol. The summed E-state index contributed by atoms with van der Waals surface area (Å²) in [5, 5.41) is 15.6. The van der Waals surface area contributed by atoms with Gasteiger partial charge in [-0.15, -0.1) is 0 Å². The first-order valence-electron chi connectivity index (χ1n) is 7.13. The maximum Gasteiger partial charge on any atom is 0.237 e. The van der Waals surface area contributed by atoms with Crippen molar-refractivity contribution in [2.24, 2.45) is 0 Å². The maximum atomic E-state index is 12.0. The van der Waals surface area contributed by atoms with Gasteiger partial charge in [-0.3, -0.25) is 4.79 Å². The van der Waals surface area contributed by atoms with Crippen LogP contribution >= 0.6 is 0 Å². The number of aliphatic hydroxyl groups is 1. The Hall–Kier alpha value is -0.650. The van der Waals surface area contributed by atoms with Gasteiger partial charge < -0.3 is 20.6 Å². The summed E-state index contributed by atoms with van der Waals surface area (Å²) in [6.45, 7) is 6.06. The molecule has 2 heterocycles. The molecule has 104 valence electrons. The van der Waals surface area contributed by atoms with Crippen molar-refractivity contribution in [2.45, 2.75) is 50.8 Å². The van der Waals surface area contributed by atoms with Crippen molar-refractivity contribution in [1.82, 2.24) is 15.5 Å². The molecule has 5 nitrogen and oxygen atoms in total. The molecule has 0 aromatic carbocycles. The third-order valence-corrected chi connectivity index (χ3v) is 3.90. The summed E-state index contributed by atoms with van der Waals surface area (Å²) >= 11 is 0. The first kappa shape index (κ1) is 13.8. The van der Waals surface area contributed by atoms with Gasteiger partial charge in [0, 0.05) is 25.7 Å². The van der Waals surface area contributed by atoms with Gasteiger partial charge in [0.05, 0.1) is 12.1 Å². The maximum absolute atomic E-state index is 12.0. The standard InChI is InChI=1S/C13H25N3O2/c1-2-5-16-6-3-10(4-7-16)15-13(18)12-8-11(17)9-14-12/h10-12,14,17H,2-9H2,1H3,(H,15,18). The van der Waals surface area contributed by atoms with E-state index in [1.54, 1.807) is 0 Å². The quantitative estimate of drug-likeness (QED) is 0.645. The fourth-order valence-corrected chi connectivity index (χ4v) is 2.84. The molecule has 2 rings (SSSR count). The van der Waals surface area contributed by atoms with Crippen molar-refractivity contribution in [2.75, 3.05) is 26.2 Å². The van der Waals surface area contributed by atoms with Crippen molar-refractivity contribution >= 4 is 5.91 Å². The lowest BCUT2D eigenvalue weighted by molar-refractivity contribution is -0.124. The van der Waals surface area contributed by atoms with Crippen LogP contribution in [0.5, 0.6) is 0 Å². The van der Waals surface area contributed by atoms with Gasteiger partial charge in [-0.05, 0) is 32.2 Å². The summed E-state index contributed by atoms with van der Waals surface area (Å²) in [4.78, 5) is 14.4. The molecule has 2 aliphatic heterocycles. The van der Waals surface area contributed by atoms with E-state index in [1.165, 1.54) is 6.42 Å². The van der Waals surface area contributed by atoms with Gasteiger partial charge in [-0.2, -0.15) is 0 Å². The number of hydrogen-bond acceptors (Lipinski definition) is 4. The summed E-state index contributed by atoms with van der Waals surface area (Å²) < 4.78 is 0. The second-order valence-electron chi connectivity index (χ2n) is 5.47. The zero-order valence-corrected chi connectivity index (χ0v) is 11.2. The Balaban J connectivity index is 1.69. The highest BCUT2D eigenvalue weighted by Gasteiger charge is 2.30. The van der Waals surface area contributed by atoms with Crippen LogP contribution in [0.3, 0.4) is 0 Å². The molecule has 3 N–H and O–H groups in total. The van der Waals surface area contributed by atoms with Crippen LogP contribution in [0.2, 0.25) is 0 Å². The Morgan fingerprint density at radius 3 is 2.72 bits per heavy atom. The minimum absolute atomic E-state index is 0.0560. The largest absolute Gasteiger partial charge is 0.392 e. The number of rotatable bonds is 4. The minimum Gasteiger partial charge on any atom is -0.392 e. The lowest BCUT2D eigenvalue weighted by atomic mass is 10.0. The number of likely N-dealkylation sites (tertiary alicyclic amines) is 1. The Bertz CT molecular complexity index is 277. The van der Waals surface area contributed by atoms with Crippen molar-refractivity contribution in [3.8, 4) is 0 Å². The Morgan fingerprint density at radius 2 is 2.17 bits per heavy atom. The van der Waals surface area contributed by atoms with Gasteiger partial charge in [-0.25, -0.2) is 0 Å². The van der Waals surface area contributed by atoms with Gasteiger partial charge in [-0.1, -0.05) is 6.92 Å². The van der Waals surface area contributed by atoms with Gasteiger partial charge in [0.2, 0.25) is 5.91 Å². The Labute approximate surface area is 109 Å². The number of carbonyl (C=O) groups is 1. The topological polar surface area (TPSA) is 64.6 Å². The molecule has 0 aliphatic carbocycles. The van der Waals surface area contributed by atoms with E-state index in [0.717, 1.165) is 32.5 Å². The molecule has 5 heteroatoms. The lowest BCUT2D eigenvalue weighted by Crippen LogP contribution is -2.49. The van der Waals surface area contributed by atoms with E-state index < -0.39 is 0 Å². The number of nitrogens with zero attached hydrogens (tertiary/aromatic N) is 1. The third-order valence-electron chi connectivity index (χ3n) is 3.90. The fourth-order valence-electron chi connectivity index (χ4n) is 2.84. The highest BCUT2D eigenvalue weighted by Crippen LogP contribution is 2.12. The van der Waals surface area contributed by atoms with Crippen LogP contribution in [-0.2, 0) is 4.79 Å². The predicted molar refractivity (Wildman–Crippen MR) is 70.3 cm³/mol. The summed E-state index contributed by atoms with van der Waals surface area (Å²) in [5.74, 6) is 0.0560. The number of amides is 1. The molecule has 0 spiro atoms. The van der Waals surface area contributed by atoms with E-state index in [4.69, 9.17) is 0 Å². The molecule has 2 unspecified atom stereocenters. The number of nitrogens with one attached hydrogen (secondary N) is 2. The molecule has 0 bridgehead atoms. The van der Waals surface area contributed by atoms with Crippen LogP contribution in [0.4, 0.5) is 0 Å². The van der Waals surface area contributed by atoms with E-state index in [2.05, 4.69) is 22.5 Å². The van der Waals surface area contributed by atoms with Crippen LogP contribution in [0.15, 0.2) is 0 Å². The van der Waals surface area contributed by atoms with Crippen LogP contribution in [0.1, 0.15) is 32.6 Å². The monoisotopic (exact) mass is 255 g/mol. The smallest absolute Gasteiger partial charge is 0.237 e. The average molecular weight is 255 g/mol. The van der Waals surface area contributed by atoms with E-state index in [9.17, 15) is 9.90 Å². The second-order valence-corrected chi connectivity index (χ2v) is 5.47. The molecular formula is C13H25N3O2. The molecule has 0 radical (unpaired) electrons. The molecule has 0 aromatic heterocycles. The number of β-amino-alcohol motifs (C(OH)–C–C–N with tert-alkyl or cyclic N) is 1. The lowest BCUT2D eigenvalue weighted by Gasteiger charge is -2.32. The molecule has 2 fully saturated rings. The third kappa shape index (κ3) is 3.67. The van der Waals surface area contributed by atoms with Crippen LogP contribution in [-0.4, -0.2) is 60.3 Å². The van der Waals surface area contributed by atoms with E-state index >= 15 is 0 Å². The highest BCUT2D eigenvalue weighted by molar-refractivity contribution is 5.82. The van der Waals surface area contributed by atoms with Crippen LogP contribution in [0, 0.1) is 0 Å². The first-order chi connectivity index (χ1) is 8.69. The SMILES string of the molecule is CCCN1CCC(NC(=O)C2CC(O)CN2)CC1. The Kier molecular flexibility index (Phi) is 4.97. The average Bonchev–Trinajstić information content (AvgIpc) is 2.79. The van der Waals surface area contributed by atoms with Gasteiger partial charge >= 0.3 is 0 Å². The summed E-state index contributed by atoms with van der Waals surface area (Å²) in [5.41, 5.74) is 0. The molecule has 2 saturated heterocycles. The molecule has 18 heavy (non-hydrogen) atoms. The molecule has 2 atom stereocenters. The first-order valence-corrected chi connectivity index (χ1v) is 7.13. The summed E-state index contributed by atoms with van der Waals surface area (Å²) in [6, 6.07) is 0.110. The van der Waals surface area contributed by atoms with Gasteiger partial charge in [0.15, 0.2) is 0 Å². The van der Waals surface area contributed by atoms with Crippen molar-refractivity contribution in [3.05, 3.63) is 0 Å². The molecule has 0 saturated carbocycles. The minimum atomic E-state index is -0.368. The number of carbonyl (C=O) groups excluding carboxylic acids is 1. The molecule has 1 amide bonds. The van der Waals surface area contributed by atoms with E-state index in [0.29, 0.717) is 19.0 Å². The fraction of sp³-hybridized carbons (Fsp3) is 0.923. The van der Waals surface area contributed by atoms with E-state index in [-0.39, 0.29) is 18.1 Å². The molecule has 0 aromatic rings. The van der Waals surface area contributed by atoms with Crippen molar-refractivity contribution in [1.29, 1.82) is 0 Å². The van der Waals surface area contributed by atoms with E-state index in [1.807, 2.05) is 0 Å². The van der Waals surface area contributed by atoms with Crippen LogP contribution in [0.25, 0.3) is 0 Å². The van der Waals surface area contributed by atoms with Crippen LogP contribution < -0.4 is 10.6 Å². The summed E-state index contributed by atoms with van der Waals surface area (Å²) in [7, 11) is 0. The zero-order chi connectivity index (χ0) is 13.0. The zero-order valence-electron chi connectivity index (χ0n) is 11.2. The van der Waals surface area contributed by atoms with Gasteiger partial charge in [0.1, 0.15) is 0 Å². The Morgan fingerprint density at radius 1 is 1.44 bits per heavy atom. The number of aliphatic hydroxyl groups excluding tert-OH is 1. The summed E-state index contributed by atoms with van der Waals surface area (Å²) in [6.07, 6.45) is 3.45. The number of hydrogen-bond donors (Lipinski definition) is 3. The number of piperidine rings is 1. The predicted octanol–water partition coefficient (Wildman–Crippen LogP) is -0.300. The molecule has 2 aliphatic rings.